The Hall–Kier alpha value is -2.70. The molecule has 2 N–H and O–H groups in total. The number of H-pyrrole nitrogens is 1. The highest BCUT2D eigenvalue weighted by Crippen LogP contribution is 2.29. The highest BCUT2D eigenvalue weighted by atomic mass is 19.1. The average molecular weight is 273 g/mol. The quantitative estimate of drug-likeness (QED) is 0.767. The Labute approximate surface area is 114 Å². The molecule has 0 fully saturated rings. The average Bonchev–Trinajstić information content (AvgIpc) is 2.91. The molecule has 0 amide bonds. The molecule has 0 unspecified atom stereocenters. The summed E-state index contributed by atoms with van der Waals surface area (Å²) < 4.78 is 19.3. The van der Waals surface area contributed by atoms with Gasteiger partial charge in [-0.3, -0.25) is 5.10 Å². The van der Waals surface area contributed by atoms with Crippen molar-refractivity contribution in [1.29, 1.82) is 0 Å². The van der Waals surface area contributed by atoms with E-state index in [-0.39, 0.29) is 11.6 Å². The van der Waals surface area contributed by atoms with Crippen LogP contribution in [0.1, 0.15) is 5.56 Å². The van der Waals surface area contributed by atoms with Gasteiger partial charge in [0.2, 0.25) is 11.8 Å². The fraction of sp³-hybridized carbons (Fsp3) is 0.154. The van der Waals surface area contributed by atoms with Gasteiger partial charge in [0.1, 0.15) is 5.39 Å². The fourth-order valence-electron chi connectivity index (χ4n) is 1.79. The Bertz CT molecular complexity index is 771. The molecule has 0 aliphatic rings. The van der Waals surface area contributed by atoms with Gasteiger partial charge in [-0.2, -0.15) is 15.1 Å². The Morgan fingerprint density at radius 3 is 2.95 bits per heavy atom. The van der Waals surface area contributed by atoms with E-state index in [0.717, 1.165) is 5.56 Å². The third-order valence-corrected chi connectivity index (χ3v) is 2.79. The summed E-state index contributed by atoms with van der Waals surface area (Å²) in [5, 5.41) is 10.0. The molecule has 0 radical (unpaired) electrons. The fourth-order valence-corrected chi connectivity index (χ4v) is 1.79. The van der Waals surface area contributed by atoms with Crippen molar-refractivity contribution in [2.45, 2.75) is 6.92 Å². The van der Waals surface area contributed by atoms with Gasteiger partial charge in [0.25, 0.3) is 0 Å². The molecule has 3 aromatic rings. The van der Waals surface area contributed by atoms with Crippen LogP contribution in [-0.2, 0) is 0 Å². The zero-order valence-corrected chi connectivity index (χ0v) is 10.9. The number of aryl methyl sites for hydroxylation is 1. The zero-order valence-electron chi connectivity index (χ0n) is 10.9. The molecule has 7 heteroatoms. The third-order valence-electron chi connectivity index (χ3n) is 2.79. The number of nitrogens with one attached hydrogen (secondary N) is 2. The van der Waals surface area contributed by atoms with Gasteiger partial charge < -0.3 is 10.1 Å². The number of rotatable bonds is 3. The lowest BCUT2D eigenvalue weighted by Crippen LogP contribution is -1.99. The lowest BCUT2D eigenvalue weighted by atomic mass is 10.2. The van der Waals surface area contributed by atoms with E-state index in [1.165, 1.54) is 12.3 Å². The van der Waals surface area contributed by atoms with Crippen molar-refractivity contribution >= 4 is 17.0 Å². The second kappa shape index (κ2) is 4.76. The number of hydrogen-bond acceptors (Lipinski definition) is 5. The van der Waals surface area contributed by atoms with Crippen LogP contribution in [0, 0.1) is 12.7 Å². The summed E-state index contributed by atoms with van der Waals surface area (Å²) in [5.41, 5.74) is 1.42. The lowest BCUT2D eigenvalue weighted by Gasteiger charge is -2.08. The number of aromatic amines is 1. The second-order valence-electron chi connectivity index (χ2n) is 4.27. The van der Waals surface area contributed by atoms with Crippen LogP contribution in [-0.4, -0.2) is 27.2 Å². The first-order valence-corrected chi connectivity index (χ1v) is 6.00. The summed E-state index contributed by atoms with van der Waals surface area (Å²) in [4.78, 5) is 8.37. The van der Waals surface area contributed by atoms with Crippen molar-refractivity contribution in [2.75, 3.05) is 12.4 Å². The molecule has 102 valence electrons. The van der Waals surface area contributed by atoms with Crippen LogP contribution < -0.4 is 10.1 Å². The monoisotopic (exact) mass is 273 g/mol. The molecule has 2 heterocycles. The summed E-state index contributed by atoms with van der Waals surface area (Å²) in [7, 11) is 1.69. The van der Waals surface area contributed by atoms with Gasteiger partial charge in [0.15, 0.2) is 17.2 Å². The van der Waals surface area contributed by atoms with E-state index in [4.69, 9.17) is 4.74 Å². The molecule has 0 spiro atoms. The molecule has 0 aliphatic carbocycles. The van der Waals surface area contributed by atoms with Gasteiger partial charge in [0, 0.05) is 7.05 Å². The number of benzene rings is 1. The van der Waals surface area contributed by atoms with Crippen LogP contribution in [0.4, 0.5) is 10.3 Å². The molecule has 0 saturated carbocycles. The van der Waals surface area contributed by atoms with E-state index in [9.17, 15) is 4.39 Å². The molecule has 0 bridgehead atoms. The summed E-state index contributed by atoms with van der Waals surface area (Å²) in [6.07, 6.45) is 1.54. The summed E-state index contributed by atoms with van der Waals surface area (Å²) in [6.45, 7) is 1.86. The van der Waals surface area contributed by atoms with Crippen LogP contribution >= 0.6 is 0 Å². The van der Waals surface area contributed by atoms with E-state index in [2.05, 4.69) is 25.5 Å². The molecular weight excluding hydrogens is 261 g/mol. The first kappa shape index (κ1) is 12.3. The Morgan fingerprint density at radius 2 is 2.15 bits per heavy atom. The predicted molar refractivity (Wildman–Crippen MR) is 72.4 cm³/mol. The number of hydrogen-bond donors (Lipinski definition) is 2. The van der Waals surface area contributed by atoms with Crippen molar-refractivity contribution in [3.8, 4) is 11.6 Å². The van der Waals surface area contributed by atoms with Crippen molar-refractivity contribution < 1.29 is 9.13 Å². The molecule has 1 aromatic carbocycles. The molecule has 0 saturated heterocycles. The van der Waals surface area contributed by atoms with Crippen molar-refractivity contribution in [3.05, 3.63) is 35.8 Å². The van der Waals surface area contributed by atoms with E-state index < -0.39 is 5.82 Å². The lowest BCUT2D eigenvalue weighted by molar-refractivity contribution is 0.432. The van der Waals surface area contributed by atoms with E-state index in [1.54, 1.807) is 19.2 Å². The van der Waals surface area contributed by atoms with Gasteiger partial charge in [-0.25, -0.2) is 4.39 Å². The normalized spacial score (nSPS) is 10.8. The Balaban J connectivity index is 2.09. The zero-order chi connectivity index (χ0) is 14.1. The van der Waals surface area contributed by atoms with E-state index in [0.29, 0.717) is 17.0 Å². The number of anilines is 1. The van der Waals surface area contributed by atoms with E-state index in [1.807, 2.05) is 6.92 Å². The molecule has 0 aliphatic heterocycles. The van der Waals surface area contributed by atoms with Gasteiger partial charge in [-0.15, -0.1) is 0 Å². The van der Waals surface area contributed by atoms with Gasteiger partial charge in [-0.05, 0) is 24.6 Å². The molecule has 6 nitrogen and oxygen atoms in total. The van der Waals surface area contributed by atoms with Crippen molar-refractivity contribution in [2.24, 2.45) is 0 Å². The van der Waals surface area contributed by atoms with Crippen LogP contribution in [0.2, 0.25) is 0 Å². The van der Waals surface area contributed by atoms with E-state index >= 15 is 0 Å². The Morgan fingerprint density at radius 1 is 1.30 bits per heavy atom. The maximum atomic E-state index is 13.8. The highest BCUT2D eigenvalue weighted by Gasteiger charge is 2.13. The van der Waals surface area contributed by atoms with Crippen LogP contribution in [0.15, 0.2) is 24.4 Å². The largest absolute Gasteiger partial charge is 0.435 e. The first-order chi connectivity index (χ1) is 9.67. The van der Waals surface area contributed by atoms with Crippen LogP contribution in [0.5, 0.6) is 11.6 Å². The Kier molecular flexibility index (Phi) is 2.94. The molecular formula is C13H12FN5O. The summed E-state index contributed by atoms with van der Waals surface area (Å²) in [6, 6.07) is 4.65. The highest BCUT2D eigenvalue weighted by molar-refractivity contribution is 5.80. The first-order valence-electron chi connectivity index (χ1n) is 6.00. The topological polar surface area (TPSA) is 75.7 Å². The number of aromatic nitrogens is 4. The summed E-state index contributed by atoms with van der Waals surface area (Å²) >= 11 is 0. The minimum absolute atomic E-state index is 0.119. The molecule has 3 rings (SSSR count). The number of ether oxygens (including phenoxy) is 1. The predicted octanol–water partition coefficient (Wildman–Crippen LogP) is 2.63. The summed E-state index contributed by atoms with van der Waals surface area (Å²) in [5.74, 6) is 0.285. The molecule has 2 aromatic heterocycles. The number of nitrogens with zero attached hydrogens (tertiary/aromatic N) is 3. The van der Waals surface area contributed by atoms with Gasteiger partial charge in [-0.1, -0.05) is 6.07 Å². The van der Waals surface area contributed by atoms with Crippen molar-refractivity contribution in [3.63, 3.8) is 0 Å². The van der Waals surface area contributed by atoms with Crippen LogP contribution in [0.3, 0.4) is 0 Å². The minimum Gasteiger partial charge on any atom is -0.435 e. The number of halogens is 1. The maximum absolute atomic E-state index is 13.8. The number of fused-ring (bicyclic) bond motifs is 1. The minimum atomic E-state index is -0.447. The standard InChI is InChI=1S/C13H12FN5O/c1-7-3-4-9(14)10(5-7)20-12-8-6-16-19-11(8)17-13(15-2)18-12/h3-6H,1-2H3,(H2,15,16,17,18,19). The second-order valence-corrected chi connectivity index (χ2v) is 4.27. The molecule has 0 atom stereocenters. The van der Waals surface area contributed by atoms with Crippen molar-refractivity contribution in [1.82, 2.24) is 20.2 Å². The smallest absolute Gasteiger partial charge is 0.235 e. The third kappa shape index (κ3) is 2.13. The molecule has 20 heavy (non-hydrogen) atoms. The SMILES string of the molecule is CNc1nc(Oc2cc(C)ccc2F)c2cn[nH]c2n1. The van der Waals surface area contributed by atoms with Gasteiger partial charge >= 0.3 is 0 Å². The van der Waals surface area contributed by atoms with Gasteiger partial charge in [0.05, 0.1) is 6.20 Å². The van der Waals surface area contributed by atoms with Crippen LogP contribution in [0.25, 0.3) is 11.0 Å². The maximum Gasteiger partial charge on any atom is 0.235 e.